The minimum atomic E-state index is -0.813. The van der Waals surface area contributed by atoms with Gasteiger partial charge in [-0.15, -0.1) is 0 Å². The van der Waals surface area contributed by atoms with E-state index in [9.17, 15) is 14.7 Å². The predicted molar refractivity (Wildman–Crippen MR) is 89.4 cm³/mol. The van der Waals surface area contributed by atoms with Gasteiger partial charge < -0.3 is 15.3 Å². The second kappa shape index (κ2) is 7.99. The smallest absolute Gasteiger partial charge is 0.317 e. The minimum Gasteiger partial charge on any atom is -0.481 e. The number of carboxylic acids is 1. The van der Waals surface area contributed by atoms with E-state index in [4.69, 9.17) is 0 Å². The van der Waals surface area contributed by atoms with E-state index >= 15 is 0 Å². The number of nitrogens with zero attached hydrogens (tertiary/aromatic N) is 1. The average molecular weight is 318 g/mol. The third-order valence-electron chi connectivity index (χ3n) is 4.52. The van der Waals surface area contributed by atoms with Gasteiger partial charge in [0.05, 0.1) is 5.92 Å². The van der Waals surface area contributed by atoms with Crippen LogP contribution in [0.1, 0.15) is 38.2 Å². The summed E-state index contributed by atoms with van der Waals surface area (Å²) in [6.07, 6.45) is 1.51. The molecule has 126 valence electrons. The average Bonchev–Trinajstić information content (AvgIpc) is 2.54. The van der Waals surface area contributed by atoms with Crippen molar-refractivity contribution in [3.8, 4) is 0 Å². The Labute approximate surface area is 137 Å². The summed E-state index contributed by atoms with van der Waals surface area (Å²) in [4.78, 5) is 25.1. The molecule has 23 heavy (non-hydrogen) atoms. The molecule has 1 aromatic rings. The molecular formula is C18H26N2O3. The molecule has 0 aliphatic carbocycles. The van der Waals surface area contributed by atoms with Crippen molar-refractivity contribution in [3.05, 3.63) is 35.9 Å². The van der Waals surface area contributed by atoms with Crippen LogP contribution in [0.25, 0.3) is 0 Å². The Morgan fingerprint density at radius 1 is 1.30 bits per heavy atom. The molecule has 5 heteroatoms. The molecule has 5 nitrogen and oxygen atoms in total. The highest BCUT2D eigenvalue weighted by Crippen LogP contribution is 2.22. The Bertz CT molecular complexity index is 532. The fourth-order valence-corrected chi connectivity index (χ4v) is 3.15. The Morgan fingerprint density at radius 3 is 2.65 bits per heavy atom. The van der Waals surface area contributed by atoms with Crippen molar-refractivity contribution < 1.29 is 14.7 Å². The summed E-state index contributed by atoms with van der Waals surface area (Å²) < 4.78 is 0. The van der Waals surface area contributed by atoms with E-state index in [2.05, 4.69) is 24.4 Å². The normalized spacial score (nSPS) is 22.4. The standard InChI is InChI=1S/C18H26N2O3/c1-13-10-16(17(21)22)12-20(11-13)18(23)19-9-8-14(2)15-6-4-3-5-7-15/h3-7,13-14,16H,8-12H2,1-2H3,(H,19,23)(H,21,22). The molecule has 0 radical (unpaired) electrons. The van der Waals surface area contributed by atoms with Crippen LogP contribution in [-0.4, -0.2) is 41.6 Å². The number of carbonyl (C=O) groups is 2. The van der Waals surface area contributed by atoms with Gasteiger partial charge in [0.1, 0.15) is 0 Å². The number of carboxylic acid groups (broad SMARTS) is 1. The van der Waals surface area contributed by atoms with Gasteiger partial charge in [-0.25, -0.2) is 4.79 Å². The van der Waals surface area contributed by atoms with Gasteiger partial charge in [0, 0.05) is 19.6 Å². The number of rotatable bonds is 5. The third kappa shape index (κ3) is 4.98. The van der Waals surface area contributed by atoms with Crippen LogP contribution < -0.4 is 5.32 Å². The largest absolute Gasteiger partial charge is 0.481 e. The highest BCUT2D eigenvalue weighted by Gasteiger charge is 2.31. The highest BCUT2D eigenvalue weighted by molar-refractivity contribution is 5.76. The SMILES string of the molecule is CC1CC(C(=O)O)CN(C(=O)NCCC(C)c2ccccc2)C1. The van der Waals surface area contributed by atoms with E-state index in [0.717, 1.165) is 6.42 Å². The van der Waals surface area contributed by atoms with Gasteiger partial charge in [0.2, 0.25) is 0 Å². The van der Waals surface area contributed by atoms with Crippen LogP contribution in [0.4, 0.5) is 4.79 Å². The first-order chi connectivity index (χ1) is 11.0. The summed E-state index contributed by atoms with van der Waals surface area (Å²) >= 11 is 0. The van der Waals surface area contributed by atoms with Gasteiger partial charge >= 0.3 is 12.0 Å². The molecule has 1 aliphatic rings. The number of likely N-dealkylation sites (tertiary alicyclic amines) is 1. The summed E-state index contributed by atoms with van der Waals surface area (Å²) in [5, 5.41) is 12.1. The monoisotopic (exact) mass is 318 g/mol. The van der Waals surface area contributed by atoms with E-state index in [1.54, 1.807) is 4.90 Å². The zero-order chi connectivity index (χ0) is 16.8. The van der Waals surface area contributed by atoms with Gasteiger partial charge in [-0.2, -0.15) is 0 Å². The second-order valence-electron chi connectivity index (χ2n) is 6.61. The van der Waals surface area contributed by atoms with Crippen molar-refractivity contribution >= 4 is 12.0 Å². The first kappa shape index (κ1) is 17.3. The summed E-state index contributed by atoms with van der Waals surface area (Å²) in [7, 11) is 0. The van der Waals surface area contributed by atoms with Crippen LogP contribution in [0, 0.1) is 11.8 Å². The molecule has 0 aromatic heterocycles. The van der Waals surface area contributed by atoms with Gasteiger partial charge in [0.15, 0.2) is 0 Å². The number of nitrogens with one attached hydrogen (secondary N) is 1. The molecule has 0 spiro atoms. The zero-order valence-corrected chi connectivity index (χ0v) is 13.9. The molecule has 3 unspecified atom stereocenters. The quantitative estimate of drug-likeness (QED) is 0.877. The number of carbonyl (C=O) groups excluding carboxylic acids is 1. The summed E-state index contributed by atoms with van der Waals surface area (Å²) in [5.74, 6) is -0.665. The van der Waals surface area contributed by atoms with E-state index in [1.165, 1.54) is 5.56 Å². The van der Waals surface area contributed by atoms with Crippen molar-refractivity contribution in [2.75, 3.05) is 19.6 Å². The number of amides is 2. The number of piperidine rings is 1. The third-order valence-corrected chi connectivity index (χ3v) is 4.52. The van der Waals surface area contributed by atoms with Crippen LogP contribution in [0.15, 0.2) is 30.3 Å². The summed E-state index contributed by atoms with van der Waals surface area (Å²) in [6.45, 7) is 5.67. The van der Waals surface area contributed by atoms with Crippen LogP contribution >= 0.6 is 0 Å². The maximum Gasteiger partial charge on any atom is 0.317 e. The van der Waals surface area contributed by atoms with Crippen molar-refractivity contribution in [3.63, 3.8) is 0 Å². The number of urea groups is 1. The Balaban J connectivity index is 1.79. The summed E-state index contributed by atoms with van der Waals surface area (Å²) in [6, 6.07) is 10.1. The molecule has 1 aliphatic heterocycles. The molecule has 2 rings (SSSR count). The molecule has 0 bridgehead atoms. The topological polar surface area (TPSA) is 69.6 Å². The fraction of sp³-hybridized carbons (Fsp3) is 0.556. The van der Waals surface area contributed by atoms with Gasteiger partial charge in [0.25, 0.3) is 0 Å². The van der Waals surface area contributed by atoms with Gasteiger partial charge in [-0.3, -0.25) is 4.79 Å². The molecule has 1 saturated heterocycles. The molecular weight excluding hydrogens is 292 g/mol. The van der Waals surface area contributed by atoms with Crippen molar-refractivity contribution in [1.82, 2.24) is 10.2 Å². The molecule has 0 saturated carbocycles. The number of benzene rings is 1. The summed E-state index contributed by atoms with van der Waals surface area (Å²) in [5.41, 5.74) is 1.26. The fourth-order valence-electron chi connectivity index (χ4n) is 3.15. The van der Waals surface area contributed by atoms with Crippen LogP contribution in [0.2, 0.25) is 0 Å². The Kier molecular flexibility index (Phi) is 6.02. The molecule has 3 atom stereocenters. The Hall–Kier alpha value is -2.04. The lowest BCUT2D eigenvalue weighted by atomic mass is 9.91. The number of hydrogen-bond donors (Lipinski definition) is 2. The van der Waals surface area contributed by atoms with Crippen molar-refractivity contribution in [2.24, 2.45) is 11.8 Å². The van der Waals surface area contributed by atoms with E-state index in [1.807, 2.05) is 25.1 Å². The van der Waals surface area contributed by atoms with Crippen molar-refractivity contribution in [2.45, 2.75) is 32.6 Å². The van der Waals surface area contributed by atoms with Crippen molar-refractivity contribution in [1.29, 1.82) is 0 Å². The van der Waals surface area contributed by atoms with E-state index in [-0.39, 0.29) is 11.9 Å². The highest BCUT2D eigenvalue weighted by atomic mass is 16.4. The molecule has 2 amide bonds. The maximum absolute atomic E-state index is 12.3. The maximum atomic E-state index is 12.3. The van der Waals surface area contributed by atoms with Gasteiger partial charge in [-0.05, 0) is 30.2 Å². The first-order valence-electron chi connectivity index (χ1n) is 8.28. The molecule has 1 aromatic carbocycles. The number of hydrogen-bond acceptors (Lipinski definition) is 2. The lowest BCUT2D eigenvalue weighted by Crippen LogP contribution is -2.49. The van der Waals surface area contributed by atoms with Crippen LogP contribution in [-0.2, 0) is 4.79 Å². The predicted octanol–water partition coefficient (Wildman–Crippen LogP) is 2.93. The number of aliphatic carboxylic acids is 1. The van der Waals surface area contributed by atoms with Crippen LogP contribution in [0.3, 0.4) is 0 Å². The van der Waals surface area contributed by atoms with Crippen LogP contribution in [0.5, 0.6) is 0 Å². The Morgan fingerprint density at radius 2 is 2.00 bits per heavy atom. The lowest BCUT2D eigenvalue weighted by molar-refractivity contribution is -0.143. The van der Waals surface area contributed by atoms with E-state index < -0.39 is 11.9 Å². The molecule has 2 N–H and O–H groups in total. The second-order valence-corrected chi connectivity index (χ2v) is 6.61. The lowest BCUT2D eigenvalue weighted by Gasteiger charge is -2.34. The van der Waals surface area contributed by atoms with Gasteiger partial charge in [-0.1, -0.05) is 44.2 Å². The first-order valence-corrected chi connectivity index (χ1v) is 8.28. The molecule has 1 fully saturated rings. The minimum absolute atomic E-state index is 0.150. The van der Waals surface area contributed by atoms with E-state index in [0.29, 0.717) is 32.0 Å². The zero-order valence-electron chi connectivity index (χ0n) is 13.9. The molecule has 1 heterocycles.